The first-order valence-corrected chi connectivity index (χ1v) is 8.79. The molecule has 0 aromatic carbocycles. The largest absolute Gasteiger partial charge is 0.810 e. The summed E-state index contributed by atoms with van der Waals surface area (Å²) in [6.45, 7) is 2.07. The molecule has 104 valence electrons. The van der Waals surface area contributed by atoms with Crippen LogP contribution in [0.3, 0.4) is 0 Å². The number of aromatic nitrogens is 3. The van der Waals surface area contributed by atoms with Gasteiger partial charge in [-0.25, -0.2) is 9.50 Å². The molecule has 0 spiro atoms. The molecule has 2 heterocycles. The molecule has 2 aromatic heterocycles. The zero-order valence-corrected chi connectivity index (χ0v) is 12.2. The molecule has 0 unspecified atom stereocenters. The van der Waals surface area contributed by atoms with Gasteiger partial charge in [-0.15, -0.1) is 0 Å². The maximum Gasteiger partial charge on any atom is 0.155 e. The molecule has 0 saturated carbocycles. The lowest BCUT2D eigenvalue weighted by atomic mass is 10.2. The van der Waals surface area contributed by atoms with Gasteiger partial charge in [0, 0.05) is 23.0 Å². The van der Waals surface area contributed by atoms with Crippen molar-refractivity contribution >= 4 is 25.0 Å². The lowest BCUT2D eigenvalue weighted by molar-refractivity contribution is -0.311. The van der Waals surface area contributed by atoms with E-state index in [0.29, 0.717) is 5.75 Å². The van der Waals surface area contributed by atoms with Crippen molar-refractivity contribution in [3.8, 4) is 0 Å². The van der Waals surface area contributed by atoms with Gasteiger partial charge in [0.15, 0.2) is 5.65 Å². The summed E-state index contributed by atoms with van der Waals surface area (Å²) in [6.07, 6.45) is 3.50. The van der Waals surface area contributed by atoms with Gasteiger partial charge in [0.25, 0.3) is 0 Å². The van der Waals surface area contributed by atoms with Crippen LogP contribution in [0.15, 0.2) is 18.3 Å². The molecular weight excluding hydrogens is 285 g/mol. The molecule has 8 heteroatoms. The summed E-state index contributed by atoms with van der Waals surface area (Å²) in [5.41, 5.74) is 2.16. The topological polar surface area (TPSA) is 93.4 Å². The number of nitrogens with zero attached hydrogens (tertiary/aromatic N) is 3. The molecule has 0 aliphatic rings. The molecule has 0 N–H and O–H groups in total. The Morgan fingerprint density at radius 2 is 2.26 bits per heavy atom. The predicted octanol–water partition coefficient (Wildman–Crippen LogP) is 0.786. The number of fused-ring (bicyclic) bond motifs is 1. The molecule has 0 fully saturated rings. The summed E-state index contributed by atoms with van der Waals surface area (Å²) in [5, 5.41) is 4.15. The quantitative estimate of drug-likeness (QED) is 0.732. The van der Waals surface area contributed by atoms with E-state index in [1.165, 1.54) is 0 Å². The zero-order chi connectivity index (χ0) is 13.9. The van der Waals surface area contributed by atoms with Crippen LogP contribution >= 0.6 is 19.4 Å². The van der Waals surface area contributed by atoms with Crippen LogP contribution in [0.5, 0.6) is 0 Å². The zero-order valence-electron chi connectivity index (χ0n) is 10.5. The van der Waals surface area contributed by atoms with Crippen molar-refractivity contribution in [3.05, 3.63) is 29.7 Å². The third-order valence-corrected chi connectivity index (χ3v) is 4.99. The molecule has 0 radical (unpaired) electrons. The summed E-state index contributed by atoms with van der Waals surface area (Å²) in [6, 6.07) is 3.72. The van der Waals surface area contributed by atoms with Gasteiger partial charge in [-0.2, -0.15) is 16.9 Å². The fourth-order valence-corrected chi connectivity index (χ4v) is 3.46. The maximum absolute atomic E-state index is 10.6. The first kappa shape index (κ1) is 14.5. The highest BCUT2D eigenvalue weighted by molar-refractivity contribution is 8.03. The summed E-state index contributed by atoms with van der Waals surface area (Å²) in [5.74, 6) is 0.423. The molecule has 0 saturated heterocycles. The first-order valence-electron chi connectivity index (χ1n) is 5.91. The first-order chi connectivity index (χ1) is 8.99. The number of rotatable bonds is 6. The van der Waals surface area contributed by atoms with Crippen LogP contribution in [0.1, 0.15) is 24.7 Å². The van der Waals surface area contributed by atoms with Crippen LogP contribution in [-0.4, -0.2) is 20.1 Å². The average Bonchev–Trinajstić information content (AvgIpc) is 2.76. The Labute approximate surface area is 115 Å². The van der Waals surface area contributed by atoms with Crippen LogP contribution in [0, 0.1) is 0 Å². The van der Waals surface area contributed by atoms with Crippen LogP contribution in [-0.2, 0) is 16.7 Å². The molecular formula is C11H14N3O3PS-2. The van der Waals surface area contributed by atoms with Crippen molar-refractivity contribution in [3.63, 3.8) is 0 Å². The van der Waals surface area contributed by atoms with E-state index >= 15 is 0 Å². The highest BCUT2D eigenvalue weighted by atomic mass is 32.2. The van der Waals surface area contributed by atoms with Crippen molar-refractivity contribution in [2.75, 3.05) is 5.49 Å². The van der Waals surface area contributed by atoms with E-state index in [4.69, 9.17) is 0 Å². The molecule has 0 aliphatic heterocycles. The smallest absolute Gasteiger partial charge is 0.155 e. The van der Waals surface area contributed by atoms with Gasteiger partial charge in [-0.1, -0.05) is 20.9 Å². The highest BCUT2D eigenvalue weighted by Crippen LogP contribution is 2.30. The average molecular weight is 299 g/mol. The Morgan fingerprint density at radius 3 is 2.95 bits per heavy atom. The highest BCUT2D eigenvalue weighted by Gasteiger charge is 2.06. The van der Waals surface area contributed by atoms with Crippen LogP contribution in [0.4, 0.5) is 0 Å². The van der Waals surface area contributed by atoms with E-state index in [1.54, 1.807) is 16.8 Å². The third kappa shape index (κ3) is 4.04. The van der Waals surface area contributed by atoms with Crippen molar-refractivity contribution in [2.24, 2.45) is 0 Å². The Hall–Kier alpha value is -0.880. The fraction of sp³-hybridized carbons (Fsp3) is 0.455. The number of hydrogen-bond acceptors (Lipinski definition) is 6. The standard InChI is InChI=1S/C11H16N3O3PS/c1-2-3-9-6-10(7-19-8-18(15,16)17)14-11(13-9)4-5-12-14/h4-6H,2-3,7-8H2,1H3,(H2,15,16,17)/p-2. The van der Waals surface area contributed by atoms with Gasteiger partial charge >= 0.3 is 0 Å². The van der Waals surface area contributed by atoms with Crippen LogP contribution in [0.2, 0.25) is 0 Å². The van der Waals surface area contributed by atoms with Gasteiger partial charge < -0.3 is 14.4 Å². The molecule has 19 heavy (non-hydrogen) atoms. The van der Waals surface area contributed by atoms with Crippen molar-refractivity contribution in [1.82, 2.24) is 14.6 Å². The Bertz CT molecular complexity index is 610. The van der Waals surface area contributed by atoms with Gasteiger partial charge in [0.05, 0.1) is 11.9 Å². The number of hydrogen-bond donors (Lipinski definition) is 0. The molecule has 0 amide bonds. The lowest BCUT2D eigenvalue weighted by Crippen LogP contribution is -2.15. The molecule has 0 atom stereocenters. The van der Waals surface area contributed by atoms with E-state index in [-0.39, 0.29) is 0 Å². The van der Waals surface area contributed by atoms with E-state index in [9.17, 15) is 14.4 Å². The Balaban J connectivity index is 2.20. The van der Waals surface area contributed by atoms with Crippen molar-refractivity contribution in [1.29, 1.82) is 0 Å². The summed E-state index contributed by atoms with van der Waals surface area (Å²) < 4.78 is 12.3. The second-order valence-electron chi connectivity index (χ2n) is 4.18. The fourth-order valence-electron chi connectivity index (χ4n) is 1.78. The minimum Gasteiger partial charge on any atom is -0.810 e. The van der Waals surface area contributed by atoms with E-state index in [0.717, 1.165) is 41.6 Å². The second kappa shape index (κ2) is 6.05. The summed E-state index contributed by atoms with van der Waals surface area (Å²) >= 11 is 1.08. The molecule has 0 bridgehead atoms. The second-order valence-corrected chi connectivity index (χ2v) is 7.13. The van der Waals surface area contributed by atoms with Crippen LogP contribution in [0.25, 0.3) is 5.65 Å². The normalized spacial score (nSPS) is 12.2. The van der Waals surface area contributed by atoms with Crippen LogP contribution < -0.4 is 9.79 Å². The minimum absolute atomic E-state index is 0.402. The molecule has 2 aromatic rings. The third-order valence-electron chi connectivity index (χ3n) is 2.49. The Kier molecular flexibility index (Phi) is 4.62. The van der Waals surface area contributed by atoms with Gasteiger partial charge in [0.2, 0.25) is 0 Å². The van der Waals surface area contributed by atoms with E-state index < -0.39 is 13.1 Å². The van der Waals surface area contributed by atoms with Crippen molar-refractivity contribution < 1.29 is 14.4 Å². The SMILES string of the molecule is CCCc1cc(CSCP(=O)([O-])[O-])n2nccc2n1. The molecule has 0 aliphatic carbocycles. The van der Waals surface area contributed by atoms with Gasteiger partial charge in [-0.05, 0) is 12.5 Å². The van der Waals surface area contributed by atoms with E-state index in [1.807, 2.05) is 6.07 Å². The summed E-state index contributed by atoms with van der Waals surface area (Å²) in [7, 11) is -4.46. The van der Waals surface area contributed by atoms with Gasteiger partial charge in [0.1, 0.15) is 0 Å². The van der Waals surface area contributed by atoms with Gasteiger partial charge in [-0.3, -0.25) is 0 Å². The predicted molar refractivity (Wildman–Crippen MR) is 70.8 cm³/mol. The number of thioether (sulfide) groups is 1. The Morgan fingerprint density at radius 1 is 1.47 bits per heavy atom. The maximum atomic E-state index is 10.6. The number of aryl methyl sites for hydroxylation is 1. The lowest BCUT2D eigenvalue weighted by Gasteiger charge is -2.28. The summed E-state index contributed by atoms with van der Waals surface area (Å²) in [4.78, 5) is 25.7. The molecule has 6 nitrogen and oxygen atoms in total. The minimum atomic E-state index is -4.46. The van der Waals surface area contributed by atoms with E-state index in [2.05, 4.69) is 17.0 Å². The monoisotopic (exact) mass is 299 g/mol. The van der Waals surface area contributed by atoms with Crippen molar-refractivity contribution in [2.45, 2.75) is 25.5 Å². The molecule has 2 rings (SSSR count).